The molecular weight excluding hydrogens is 451 g/mol. The number of benzene rings is 7. The molecule has 0 fully saturated rings. The van der Waals surface area contributed by atoms with Gasteiger partial charge in [0.15, 0.2) is 0 Å². The number of fused-ring (bicyclic) bond motifs is 5. The van der Waals surface area contributed by atoms with Gasteiger partial charge in [-0.25, -0.2) is 0 Å². The zero-order valence-corrected chi connectivity index (χ0v) is 20.1. The van der Waals surface area contributed by atoms with Crippen LogP contribution in [0, 0.1) is 0 Å². The van der Waals surface area contributed by atoms with Crippen LogP contribution in [0.3, 0.4) is 0 Å². The van der Waals surface area contributed by atoms with Crippen LogP contribution in [0.5, 0.6) is 5.75 Å². The van der Waals surface area contributed by atoms with Crippen LogP contribution in [0.25, 0.3) is 65.3 Å². The van der Waals surface area contributed by atoms with Gasteiger partial charge in [-0.05, 0) is 66.7 Å². The summed E-state index contributed by atoms with van der Waals surface area (Å²) >= 11 is 0. The molecule has 7 rings (SSSR count). The highest BCUT2D eigenvalue weighted by Crippen LogP contribution is 2.44. The molecule has 0 atom stereocenters. The molecular formula is C34H22BO2. The molecule has 0 aromatic heterocycles. The first-order chi connectivity index (χ1) is 18.3. The Morgan fingerprint density at radius 1 is 0.459 bits per heavy atom. The maximum atomic E-state index is 9.50. The summed E-state index contributed by atoms with van der Waals surface area (Å²) in [5.41, 5.74) is 4.70. The fourth-order valence-corrected chi connectivity index (χ4v) is 5.71. The molecule has 0 saturated heterocycles. The van der Waals surface area contributed by atoms with E-state index in [0.717, 1.165) is 40.4 Å². The highest BCUT2D eigenvalue weighted by atomic mass is 16.5. The largest absolute Gasteiger partial charge is 0.569 e. The van der Waals surface area contributed by atoms with Crippen molar-refractivity contribution in [3.05, 3.63) is 127 Å². The predicted molar refractivity (Wildman–Crippen MR) is 156 cm³/mol. The summed E-state index contributed by atoms with van der Waals surface area (Å²) in [6.45, 7) is 0. The Morgan fingerprint density at radius 3 is 1.68 bits per heavy atom. The number of hydrogen-bond donors (Lipinski definition) is 1. The second kappa shape index (κ2) is 8.81. The van der Waals surface area contributed by atoms with E-state index in [1.807, 2.05) is 36.4 Å². The second-order valence-corrected chi connectivity index (χ2v) is 9.29. The fourth-order valence-electron chi connectivity index (χ4n) is 5.71. The lowest BCUT2D eigenvalue weighted by Gasteiger charge is -2.18. The van der Waals surface area contributed by atoms with Crippen molar-refractivity contribution in [2.45, 2.75) is 0 Å². The molecule has 0 heterocycles. The molecule has 3 heteroatoms. The minimum atomic E-state index is 0.661. The molecule has 0 amide bonds. The molecule has 7 aromatic rings. The zero-order valence-electron chi connectivity index (χ0n) is 20.1. The molecule has 0 bridgehead atoms. The van der Waals surface area contributed by atoms with Crippen LogP contribution < -0.4 is 4.65 Å². The van der Waals surface area contributed by atoms with E-state index in [-0.39, 0.29) is 0 Å². The highest BCUT2D eigenvalue weighted by Gasteiger charge is 2.17. The van der Waals surface area contributed by atoms with Gasteiger partial charge in [0.25, 0.3) is 0 Å². The van der Waals surface area contributed by atoms with Crippen molar-refractivity contribution in [2.24, 2.45) is 0 Å². The van der Waals surface area contributed by atoms with Crippen LogP contribution in [0.2, 0.25) is 0 Å². The van der Waals surface area contributed by atoms with Gasteiger partial charge >= 0.3 is 7.69 Å². The van der Waals surface area contributed by atoms with Gasteiger partial charge in [0.05, 0.1) is 0 Å². The van der Waals surface area contributed by atoms with Crippen LogP contribution >= 0.6 is 0 Å². The fraction of sp³-hybridized carbons (Fsp3) is 0. The average Bonchev–Trinajstić information content (AvgIpc) is 2.97. The van der Waals surface area contributed by atoms with E-state index in [9.17, 15) is 5.02 Å². The van der Waals surface area contributed by atoms with Gasteiger partial charge in [-0.15, -0.1) is 0 Å². The second-order valence-electron chi connectivity index (χ2n) is 9.29. The van der Waals surface area contributed by atoms with Crippen molar-refractivity contribution in [1.82, 2.24) is 0 Å². The first-order valence-electron chi connectivity index (χ1n) is 12.4. The molecule has 0 aliphatic rings. The van der Waals surface area contributed by atoms with Crippen molar-refractivity contribution < 1.29 is 9.68 Å². The Balaban J connectivity index is 1.53. The third-order valence-corrected chi connectivity index (χ3v) is 7.28. The minimum Gasteiger partial charge on any atom is -0.537 e. The molecule has 173 valence electrons. The standard InChI is InChI=1S/C34H22BO2/c36-35-37-34-30-18-7-5-16-28(30)33(29-17-6-8-19-31(29)34)24-12-9-11-22(20-24)32-21-23-10-1-2-13-25(23)26-14-3-4-15-27(26)32/h1-21,36H. The molecule has 0 aliphatic heterocycles. The van der Waals surface area contributed by atoms with E-state index < -0.39 is 0 Å². The summed E-state index contributed by atoms with van der Waals surface area (Å²) in [6, 6.07) is 44.8. The lowest BCUT2D eigenvalue weighted by molar-refractivity contribution is 0.459. The minimum absolute atomic E-state index is 0.661. The molecule has 37 heavy (non-hydrogen) atoms. The van der Waals surface area contributed by atoms with Gasteiger partial charge in [-0.1, -0.05) is 115 Å². The van der Waals surface area contributed by atoms with Gasteiger partial charge in [0.2, 0.25) is 0 Å². The molecule has 0 saturated carbocycles. The Morgan fingerprint density at radius 2 is 1.00 bits per heavy atom. The SMILES string of the molecule is O[B]Oc1c2ccccc2c(-c2cccc(-c3cc4ccccc4c4ccccc34)c2)c2ccccc12. The summed E-state index contributed by atoms with van der Waals surface area (Å²) in [5.74, 6) is 0.661. The summed E-state index contributed by atoms with van der Waals surface area (Å²) in [7, 11) is 0.763. The van der Waals surface area contributed by atoms with Gasteiger partial charge < -0.3 is 9.68 Å². The Bertz CT molecular complexity index is 1900. The molecule has 7 aromatic carbocycles. The first-order valence-corrected chi connectivity index (χ1v) is 12.4. The van der Waals surface area contributed by atoms with Crippen molar-refractivity contribution in [3.8, 4) is 28.0 Å². The van der Waals surface area contributed by atoms with Crippen LogP contribution in [0.1, 0.15) is 0 Å². The summed E-state index contributed by atoms with van der Waals surface area (Å²) in [4.78, 5) is 0. The van der Waals surface area contributed by atoms with Gasteiger partial charge in [-0.3, -0.25) is 0 Å². The molecule has 0 unspecified atom stereocenters. The molecule has 1 N–H and O–H groups in total. The van der Waals surface area contributed by atoms with E-state index in [1.54, 1.807) is 0 Å². The Hall–Kier alpha value is -4.60. The average molecular weight is 473 g/mol. The smallest absolute Gasteiger partial charge is 0.537 e. The van der Waals surface area contributed by atoms with Crippen LogP contribution in [-0.2, 0) is 0 Å². The van der Waals surface area contributed by atoms with Gasteiger partial charge in [-0.2, -0.15) is 0 Å². The van der Waals surface area contributed by atoms with E-state index >= 15 is 0 Å². The third-order valence-electron chi connectivity index (χ3n) is 7.28. The van der Waals surface area contributed by atoms with Crippen LogP contribution in [0.4, 0.5) is 0 Å². The quantitative estimate of drug-likeness (QED) is 0.158. The Labute approximate surface area is 215 Å². The van der Waals surface area contributed by atoms with E-state index in [0.29, 0.717) is 5.75 Å². The summed E-state index contributed by atoms with van der Waals surface area (Å²) in [5, 5.41) is 18.6. The van der Waals surface area contributed by atoms with Crippen LogP contribution in [-0.4, -0.2) is 12.7 Å². The third kappa shape index (κ3) is 3.47. The van der Waals surface area contributed by atoms with Crippen molar-refractivity contribution in [3.63, 3.8) is 0 Å². The van der Waals surface area contributed by atoms with E-state index in [2.05, 4.69) is 91.0 Å². The summed E-state index contributed by atoms with van der Waals surface area (Å²) in [6.07, 6.45) is 0. The van der Waals surface area contributed by atoms with Crippen molar-refractivity contribution in [1.29, 1.82) is 0 Å². The normalized spacial score (nSPS) is 11.4. The zero-order chi connectivity index (χ0) is 24.8. The lowest BCUT2D eigenvalue weighted by Crippen LogP contribution is -2.02. The Kier molecular flexibility index (Phi) is 5.16. The number of hydrogen-bond acceptors (Lipinski definition) is 2. The highest BCUT2D eigenvalue weighted by molar-refractivity contribution is 6.23. The monoisotopic (exact) mass is 473 g/mol. The predicted octanol–water partition coefficient (Wildman–Crippen LogP) is 8.54. The van der Waals surface area contributed by atoms with E-state index in [4.69, 9.17) is 4.65 Å². The molecule has 0 spiro atoms. The molecule has 0 aliphatic carbocycles. The maximum Gasteiger partial charge on any atom is 0.569 e. The lowest BCUT2D eigenvalue weighted by atomic mass is 9.88. The first kappa shape index (κ1) is 21.7. The van der Waals surface area contributed by atoms with Crippen molar-refractivity contribution in [2.75, 3.05) is 0 Å². The maximum absolute atomic E-state index is 9.50. The van der Waals surface area contributed by atoms with Gasteiger partial charge in [0.1, 0.15) is 5.75 Å². The molecule has 2 nitrogen and oxygen atoms in total. The van der Waals surface area contributed by atoms with E-state index in [1.165, 1.54) is 32.7 Å². The topological polar surface area (TPSA) is 29.5 Å². The number of rotatable bonds is 4. The molecule has 1 radical (unpaired) electrons. The van der Waals surface area contributed by atoms with Crippen LogP contribution in [0.15, 0.2) is 127 Å². The van der Waals surface area contributed by atoms with Crippen molar-refractivity contribution >= 4 is 50.8 Å². The summed E-state index contributed by atoms with van der Waals surface area (Å²) < 4.78 is 5.64. The van der Waals surface area contributed by atoms with Gasteiger partial charge in [0, 0.05) is 10.8 Å².